The largest absolute Gasteiger partial charge is 0.390 e. The van der Waals surface area contributed by atoms with Gasteiger partial charge in [0, 0.05) is 16.6 Å². The summed E-state index contributed by atoms with van der Waals surface area (Å²) in [7, 11) is 0. The second kappa shape index (κ2) is 4.17. The predicted octanol–water partition coefficient (Wildman–Crippen LogP) is 2.90. The van der Waals surface area contributed by atoms with E-state index in [1.165, 1.54) is 18.5 Å². The molecule has 0 unspecified atom stereocenters. The molecule has 4 heteroatoms. The van der Waals surface area contributed by atoms with Gasteiger partial charge < -0.3 is 5.11 Å². The second-order valence-electron chi connectivity index (χ2n) is 4.38. The number of nitrogens with zero attached hydrogens (tertiary/aromatic N) is 2. The Morgan fingerprint density at radius 2 is 2.00 bits per heavy atom. The fourth-order valence-corrected chi connectivity index (χ4v) is 2.11. The molecule has 1 heterocycles. The van der Waals surface area contributed by atoms with E-state index in [2.05, 4.69) is 5.10 Å². The van der Waals surface area contributed by atoms with Gasteiger partial charge >= 0.3 is 0 Å². The first-order valence-electron chi connectivity index (χ1n) is 5.73. The minimum atomic E-state index is -0.0136. The van der Waals surface area contributed by atoms with Gasteiger partial charge in [-0.25, -0.2) is 4.68 Å². The number of halogens is 1. The molecule has 2 aromatic rings. The third-order valence-electron chi connectivity index (χ3n) is 3.02. The number of hydrogen-bond acceptors (Lipinski definition) is 2. The molecule has 17 heavy (non-hydrogen) atoms. The predicted molar refractivity (Wildman–Crippen MR) is 66.5 cm³/mol. The number of aromatic nitrogens is 2. The molecule has 0 bridgehead atoms. The normalized spacial score (nSPS) is 15.2. The average Bonchev–Trinajstić information content (AvgIpc) is 3.10. The molecule has 0 aliphatic heterocycles. The van der Waals surface area contributed by atoms with Crippen LogP contribution in [0.3, 0.4) is 0 Å². The Labute approximate surface area is 105 Å². The lowest BCUT2D eigenvalue weighted by Gasteiger charge is -2.06. The highest BCUT2D eigenvalue weighted by Crippen LogP contribution is 2.41. The van der Waals surface area contributed by atoms with Crippen LogP contribution >= 0.6 is 11.6 Å². The summed E-state index contributed by atoms with van der Waals surface area (Å²) >= 11 is 5.88. The van der Waals surface area contributed by atoms with Crippen LogP contribution in [0, 0.1) is 0 Å². The molecule has 3 rings (SSSR count). The Morgan fingerprint density at radius 3 is 2.59 bits per heavy atom. The summed E-state index contributed by atoms with van der Waals surface area (Å²) in [6, 6.07) is 9.60. The summed E-state index contributed by atoms with van der Waals surface area (Å²) in [6.07, 6.45) is 2.42. The first-order chi connectivity index (χ1) is 8.28. The van der Waals surface area contributed by atoms with Crippen molar-refractivity contribution in [1.82, 2.24) is 9.78 Å². The number of rotatable bonds is 3. The van der Waals surface area contributed by atoms with E-state index in [0.29, 0.717) is 5.92 Å². The van der Waals surface area contributed by atoms with Crippen molar-refractivity contribution >= 4 is 11.6 Å². The highest BCUT2D eigenvalue weighted by molar-refractivity contribution is 6.30. The molecule has 1 fully saturated rings. The monoisotopic (exact) mass is 248 g/mol. The van der Waals surface area contributed by atoms with Gasteiger partial charge in [-0.15, -0.1) is 0 Å². The van der Waals surface area contributed by atoms with Crippen LogP contribution in [0.5, 0.6) is 0 Å². The van der Waals surface area contributed by atoms with Gasteiger partial charge in [0.1, 0.15) is 0 Å². The SMILES string of the molecule is OCc1cc(C2CC2)n(-c2ccc(Cl)cc2)n1. The van der Waals surface area contributed by atoms with Gasteiger partial charge in [-0.3, -0.25) is 0 Å². The maximum Gasteiger partial charge on any atom is 0.0886 e. The zero-order valence-corrected chi connectivity index (χ0v) is 10.1. The van der Waals surface area contributed by atoms with Gasteiger partial charge in [-0.2, -0.15) is 5.10 Å². The third-order valence-corrected chi connectivity index (χ3v) is 3.27. The lowest BCUT2D eigenvalue weighted by atomic mass is 10.2. The van der Waals surface area contributed by atoms with E-state index in [4.69, 9.17) is 11.6 Å². The molecular formula is C13H13ClN2O. The summed E-state index contributed by atoms with van der Waals surface area (Å²) in [5.74, 6) is 0.596. The van der Waals surface area contributed by atoms with Crippen molar-refractivity contribution in [1.29, 1.82) is 0 Å². The first kappa shape index (κ1) is 10.8. The van der Waals surface area contributed by atoms with Gasteiger partial charge in [0.05, 0.1) is 18.0 Å². The Balaban J connectivity index is 2.05. The van der Waals surface area contributed by atoms with Crippen LogP contribution in [-0.2, 0) is 6.61 Å². The van der Waals surface area contributed by atoms with E-state index >= 15 is 0 Å². The van der Waals surface area contributed by atoms with E-state index in [9.17, 15) is 5.11 Å². The van der Waals surface area contributed by atoms with Crippen molar-refractivity contribution < 1.29 is 5.11 Å². The lowest BCUT2D eigenvalue weighted by Crippen LogP contribution is -2.01. The smallest absolute Gasteiger partial charge is 0.0886 e. The van der Waals surface area contributed by atoms with Gasteiger partial charge in [-0.1, -0.05) is 11.6 Å². The third kappa shape index (κ3) is 2.08. The van der Waals surface area contributed by atoms with Crippen LogP contribution in [0.2, 0.25) is 5.02 Å². The first-order valence-corrected chi connectivity index (χ1v) is 6.11. The molecule has 1 N–H and O–H groups in total. The highest BCUT2D eigenvalue weighted by atomic mass is 35.5. The zero-order chi connectivity index (χ0) is 11.8. The van der Waals surface area contributed by atoms with Crippen LogP contribution in [0.4, 0.5) is 0 Å². The minimum absolute atomic E-state index is 0.0136. The molecule has 1 saturated carbocycles. The number of benzene rings is 1. The number of hydrogen-bond donors (Lipinski definition) is 1. The summed E-state index contributed by atoms with van der Waals surface area (Å²) in [4.78, 5) is 0. The molecular weight excluding hydrogens is 236 g/mol. The molecule has 88 valence electrons. The molecule has 0 amide bonds. The fraction of sp³-hybridized carbons (Fsp3) is 0.308. The Hall–Kier alpha value is -1.32. The topological polar surface area (TPSA) is 38.0 Å². The zero-order valence-electron chi connectivity index (χ0n) is 9.31. The molecule has 0 radical (unpaired) electrons. The second-order valence-corrected chi connectivity index (χ2v) is 4.82. The van der Waals surface area contributed by atoms with Crippen LogP contribution in [0.1, 0.15) is 30.1 Å². The lowest BCUT2D eigenvalue weighted by molar-refractivity contribution is 0.276. The summed E-state index contributed by atoms with van der Waals surface area (Å²) in [6.45, 7) is -0.0136. The van der Waals surface area contributed by atoms with Crippen molar-refractivity contribution in [3.63, 3.8) is 0 Å². The van der Waals surface area contributed by atoms with Gasteiger partial charge in [0.25, 0.3) is 0 Å². The quantitative estimate of drug-likeness (QED) is 0.907. The van der Waals surface area contributed by atoms with E-state index in [-0.39, 0.29) is 6.61 Å². The van der Waals surface area contributed by atoms with E-state index in [1.807, 2.05) is 35.0 Å². The van der Waals surface area contributed by atoms with Crippen LogP contribution in [-0.4, -0.2) is 14.9 Å². The standard InChI is InChI=1S/C13H13ClN2O/c14-10-3-5-12(6-4-10)16-13(9-1-2-9)7-11(8-17)15-16/h3-7,9,17H,1-2,8H2. The molecule has 1 aromatic heterocycles. The summed E-state index contributed by atoms with van der Waals surface area (Å²) < 4.78 is 1.92. The van der Waals surface area contributed by atoms with E-state index in [1.54, 1.807) is 0 Å². The minimum Gasteiger partial charge on any atom is -0.390 e. The van der Waals surface area contributed by atoms with Gasteiger partial charge in [0.15, 0.2) is 0 Å². The van der Waals surface area contributed by atoms with Crippen molar-refractivity contribution in [2.45, 2.75) is 25.4 Å². The van der Waals surface area contributed by atoms with Crippen LogP contribution in [0.25, 0.3) is 5.69 Å². The Morgan fingerprint density at radius 1 is 1.29 bits per heavy atom. The molecule has 1 aromatic carbocycles. The van der Waals surface area contributed by atoms with Gasteiger partial charge in [-0.05, 0) is 43.2 Å². The van der Waals surface area contributed by atoms with E-state index < -0.39 is 0 Å². The molecule has 1 aliphatic rings. The van der Waals surface area contributed by atoms with Crippen molar-refractivity contribution in [3.8, 4) is 5.69 Å². The summed E-state index contributed by atoms with van der Waals surface area (Å²) in [5, 5.41) is 14.3. The van der Waals surface area contributed by atoms with Crippen molar-refractivity contribution in [2.24, 2.45) is 0 Å². The summed E-state index contributed by atoms with van der Waals surface area (Å²) in [5.41, 5.74) is 2.91. The van der Waals surface area contributed by atoms with E-state index in [0.717, 1.165) is 16.4 Å². The molecule has 3 nitrogen and oxygen atoms in total. The number of aliphatic hydroxyl groups excluding tert-OH is 1. The molecule has 1 aliphatic carbocycles. The average molecular weight is 249 g/mol. The molecule has 0 spiro atoms. The van der Waals surface area contributed by atoms with Gasteiger partial charge in [0.2, 0.25) is 0 Å². The Bertz CT molecular complexity index is 529. The maximum atomic E-state index is 9.17. The molecule has 0 saturated heterocycles. The number of aliphatic hydroxyl groups is 1. The molecule has 0 atom stereocenters. The highest BCUT2D eigenvalue weighted by Gasteiger charge is 2.28. The fourth-order valence-electron chi connectivity index (χ4n) is 1.98. The van der Waals surface area contributed by atoms with Crippen LogP contribution in [0.15, 0.2) is 30.3 Å². The van der Waals surface area contributed by atoms with Crippen molar-refractivity contribution in [3.05, 3.63) is 46.7 Å². The van der Waals surface area contributed by atoms with Crippen LogP contribution < -0.4 is 0 Å². The maximum absolute atomic E-state index is 9.17. The van der Waals surface area contributed by atoms with Crippen molar-refractivity contribution in [2.75, 3.05) is 0 Å². The Kier molecular flexibility index (Phi) is 2.65.